The summed E-state index contributed by atoms with van der Waals surface area (Å²) in [5, 5.41) is 23.3. The molecule has 144 valence electrons. The van der Waals surface area contributed by atoms with Crippen molar-refractivity contribution in [2.24, 2.45) is 0 Å². The predicted octanol–water partition coefficient (Wildman–Crippen LogP) is 4.96. The molecule has 0 spiro atoms. The summed E-state index contributed by atoms with van der Waals surface area (Å²) in [4.78, 5) is 24.1. The maximum absolute atomic E-state index is 12.6. The van der Waals surface area contributed by atoms with E-state index in [-0.39, 0.29) is 17.2 Å². The quantitative estimate of drug-likeness (QED) is 0.333. The molecule has 7 nitrogen and oxygen atoms in total. The third-order valence-corrected chi connectivity index (χ3v) is 5.89. The van der Waals surface area contributed by atoms with Crippen LogP contribution in [0.4, 0.5) is 10.8 Å². The number of thioether (sulfide) groups is 1. The Labute approximate surface area is 170 Å². The molecule has 0 aliphatic carbocycles. The second-order valence-corrected chi connectivity index (χ2v) is 7.80. The number of amides is 1. The van der Waals surface area contributed by atoms with Gasteiger partial charge >= 0.3 is 0 Å². The highest BCUT2D eigenvalue weighted by atomic mass is 32.2. The van der Waals surface area contributed by atoms with Gasteiger partial charge in [0.2, 0.25) is 5.13 Å². The van der Waals surface area contributed by atoms with E-state index in [4.69, 9.17) is 0 Å². The van der Waals surface area contributed by atoms with Crippen molar-refractivity contribution in [3.63, 3.8) is 0 Å². The Morgan fingerprint density at radius 2 is 2.00 bits per heavy atom. The second kappa shape index (κ2) is 8.94. The number of anilines is 1. The molecule has 1 unspecified atom stereocenters. The minimum Gasteiger partial charge on any atom is -0.296 e. The van der Waals surface area contributed by atoms with Crippen LogP contribution in [0.15, 0.2) is 53.4 Å². The van der Waals surface area contributed by atoms with Crippen molar-refractivity contribution >= 4 is 39.8 Å². The second-order valence-electron chi connectivity index (χ2n) is 5.91. The molecule has 0 aliphatic heterocycles. The van der Waals surface area contributed by atoms with Gasteiger partial charge in [0.1, 0.15) is 10.6 Å². The van der Waals surface area contributed by atoms with E-state index < -0.39 is 10.8 Å². The molecule has 0 radical (unpaired) electrons. The van der Waals surface area contributed by atoms with Crippen LogP contribution in [0.2, 0.25) is 0 Å². The maximum atomic E-state index is 12.6. The molecule has 28 heavy (non-hydrogen) atoms. The Morgan fingerprint density at radius 3 is 2.64 bits per heavy atom. The van der Waals surface area contributed by atoms with Crippen LogP contribution in [0.5, 0.6) is 0 Å². The fourth-order valence-corrected chi connectivity index (χ4v) is 4.20. The number of nitrogens with zero attached hydrogens (tertiary/aromatic N) is 3. The molecule has 3 aromatic rings. The van der Waals surface area contributed by atoms with Crippen molar-refractivity contribution < 1.29 is 9.72 Å². The summed E-state index contributed by atoms with van der Waals surface area (Å²) in [5.41, 5.74) is 0.891. The topological polar surface area (TPSA) is 98.0 Å². The van der Waals surface area contributed by atoms with Gasteiger partial charge in [-0.2, -0.15) is 0 Å². The molecule has 0 bridgehead atoms. The third-order valence-electron chi connectivity index (χ3n) is 4.21. The van der Waals surface area contributed by atoms with E-state index in [0.29, 0.717) is 5.13 Å². The average Bonchev–Trinajstić information content (AvgIpc) is 3.16. The Hall–Kier alpha value is -2.78. The monoisotopic (exact) mass is 414 g/mol. The van der Waals surface area contributed by atoms with Gasteiger partial charge in [-0.1, -0.05) is 48.6 Å². The summed E-state index contributed by atoms with van der Waals surface area (Å²) < 4.78 is 0. The number of hydrogen-bond acceptors (Lipinski definition) is 7. The molecule has 0 aliphatic rings. The van der Waals surface area contributed by atoms with Crippen molar-refractivity contribution in [1.29, 1.82) is 0 Å². The van der Waals surface area contributed by atoms with Gasteiger partial charge in [0, 0.05) is 16.9 Å². The lowest BCUT2D eigenvalue weighted by molar-refractivity contribution is -0.385. The molecule has 2 aromatic carbocycles. The van der Waals surface area contributed by atoms with Gasteiger partial charge in [0.05, 0.1) is 4.92 Å². The van der Waals surface area contributed by atoms with Crippen molar-refractivity contribution in [2.75, 3.05) is 11.6 Å². The number of nitrogens with one attached hydrogen (secondary N) is 1. The van der Waals surface area contributed by atoms with E-state index in [2.05, 4.69) is 22.4 Å². The van der Waals surface area contributed by atoms with E-state index in [1.54, 1.807) is 6.07 Å². The molecule has 1 aromatic heterocycles. The van der Waals surface area contributed by atoms with E-state index in [1.807, 2.05) is 36.6 Å². The molecule has 1 amide bonds. The number of rotatable bonds is 7. The van der Waals surface area contributed by atoms with Crippen LogP contribution in [0.25, 0.3) is 0 Å². The van der Waals surface area contributed by atoms with Gasteiger partial charge < -0.3 is 0 Å². The number of carbonyl (C=O) groups is 1. The normalized spacial score (nSPS) is 11.8. The highest BCUT2D eigenvalue weighted by molar-refractivity contribution is 7.98. The first-order valence-corrected chi connectivity index (χ1v) is 10.6. The Morgan fingerprint density at radius 1 is 1.25 bits per heavy atom. The molecular formula is C19H18N4O3S2. The first kappa shape index (κ1) is 20.0. The highest BCUT2D eigenvalue weighted by Crippen LogP contribution is 2.32. The maximum Gasteiger partial charge on any atom is 0.282 e. The third kappa shape index (κ3) is 4.37. The lowest BCUT2D eigenvalue weighted by atomic mass is 9.97. The molecule has 9 heteroatoms. The number of hydrogen-bond donors (Lipinski definition) is 1. The first-order valence-electron chi connectivity index (χ1n) is 8.55. The lowest BCUT2D eigenvalue weighted by Crippen LogP contribution is -2.14. The van der Waals surface area contributed by atoms with E-state index in [9.17, 15) is 14.9 Å². The molecule has 0 fully saturated rings. The highest BCUT2D eigenvalue weighted by Gasteiger charge is 2.23. The number of benzene rings is 2. The van der Waals surface area contributed by atoms with Crippen LogP contribution >= 0.6 is 23.1 Å². The summed E-state index contributed by atoms with van der Waals surface area (Å²) >= 11 is 2.69. The number of nitro benzene ring substituents is 1. The van der Waals surface area contributed by atoms with E-state index in [0.717, 1.165) is 21.9 Å². The van der Waals surface area contributed by atoms with Gasteiger partial charge in [0.15, 0.2) is 0 Å². The predicted molar refractivity (Wildman–Crippen MR) is 111 cm³/mol. The molecule has 0 saturated heterocycles. The van der Waals surface area contributed by atoms with Gasteiger partial charge in [-0.25, -0.2) is 0 Å². The average molecular weight is 415 g/mol. The van der Waals surface area contributed by atoms with E-state index in [1.165, 1.54) is 35.2 Å². The fraction of sp³-hybridized carbons (Fsp3) is 0.211. The van der Waals surface area contributed by atoms with Gasteiger partial charge in [-0.3, -0.25) is 20.2 Å². The molecular weight excluding hydrogens is 396 g/mol. The Bertz CT molecular complexity index is 992. The van der Waals surface area contributed by atoms with Crippen LogP contribution in [0, 0.1) is 10.1 Å². The number of aromatic nitrogens is 2. The zero-order valence-corrected chi connectivity index (χ0v) is 16.9. The van der Waals surface area contributed by atoms with Gasteiger partial charge in [0.25, 0.3) is 11.6 Å². The SMILES string of the molecule is CCC(c1ccccc1)c1nnc(NC(=O)c2cc(SC)ccc2[N+](=O)[O-])s1. The van der Waals surface area contributed by atoms with Crippen LogP contribution < -0.4 is 5.32 Å². The van der Waals surface area contributed by atoms with Crippen LogP contribution in [-0.2, 0) is 0 Å². The standard InChI is InChI=1S/C19H18N4O3S2/c1-3-14(12-7-5-4-6-8-12)18-21-22-19(28-18)20-17(24)15-11-13(27-2)9-10-16(15)23(25)26/h4-11,14H,3H2,1-2H3,(H,20,22,24). The van der Waals surface area contributed by atoms with Gasteiger partial charge in [-0.15, -0.1) is 22.0 Å². The number of nitro groups is 1. The summed E-state index contributed by atoms with van der Waals surface area (Å²) in [6.07, 6.45) is 2.68. The van der Waals surface area contributed by atoms with Crippen molar-refractivity contribution in [3.05, 3.63) is 74.8 Å². The number of carbonyl (C=O) groups excluding carboxylic acids is 1. The molecule has 0 saturated carbocycles. The summed E-state index contributed by atoms with van der Waals surface area (Å²) in [7, 11) is 0. The zero-order chi connectivity index (χ0) is 20.1. The van der Waals surface area contributed by atoms with Gasteiger partial charge in [-0.05, 0) is 30.4 Å². The van der Waals surface area contributed by atoms with Crippen molar-refractivity contribution in [1.82, 2.24) is 10.2 Å². The lowest BCUT2D eigenvalue weighted by Gasteiger charge is -2.11. The zero-order valence-electron chi connectivity index (χ0n) is 15.3. The Balaban J connectivity index is 1.84. The molecule has 1 heterocycles. The summed E-state index contributed by atoms with van der Waals surface area (Å²) in [6, 6.07) is 14.4. The molecule has 1 atom stereocenters. The smallest absolute Gasteiger partial charge is 0.282 e. The van der Waals surface area contributed by atoms with Crippen LogP contribution in [0.1, 0.15) is 40.2 Å². The minimum atomic E-state index is -0.571. The summed E-state index contributed by atoms with van der Waals surface area (Å²) in [6.45, 7) is 2.06. The van der Waals surface area contributed by atoms with Crippen molar-refractivity contribution in [2.45, 2.75) is 24.2 Å². The molecule has 1 N–H and O–H groups in total. The first-order chi connectivity index (χ1) is 13.5. The van der Waals surface area contributed by atoms with Crippen LogP contribution in [0.3, 0.4) is 0 Å². The largest absolute Gasteiger partial charge is 0.296 e. The van der Waals surface area contributed by atoms with Crippen molar-refractivity contribution in [3.8, 4) is 0 Å². The van der Waals surface area contributed by atoms with E-state index >= 15 is 0 Å². The minimum absolute atomic E-state index is 0.00343. The fourth-order valence-electron chi connectivity index (χ4n) is 2.81. The Kier molecular flexibility index (Phi) is 6.37. The van der Waals surface area contributed by atoms with Crippen LogP contribution in [-0.4, -0.2) is 27.3 Å². The molecule has 3 rings (SSSR count). The summed E-state index contributed by atoms with van der Waals surface area (Å²) in [5.74, 6) is -0.489.